The molecular weight excluding hydrogens is 350 g/mol. The molecule has 0 aliphatic carbocycles. The molecule has 0 aliphatic heterocycles. The van der Waals surface area contributed by atoms with E-state index in [1.807, 2.05) is 42.5 Å². The molecule has 3 rings (SSSR count). The topological polar surface area (TPSA) is 55.4 Å². The van der Waals surface area contributed by atoms with Gasteiger partial charge in [-0.15, -0.1) is 0 Å². The Labute approximate surface area is 165 Å². The summed E-state index contributed by atoms with van der Waals surface area (Å²) in [5.74, 6) is -0.610. The molecule has 3 aromatic carbocycles. The van der Waals surface area contributed by atoms with Gasteiger partial charge in [0.25, 0.3) is 5.91 Å². The summed E-state index contributed by atoms with van der Waals surface area (Å²) >= 11 is 0. The van der Waals surface area contributed by atoms with Crippen LogP contribution in [0.15, 0.2) is 91.0 Å². The zero-order valence-electron chi connectivity index (χ0n) is 15.6. The van der Waals surface area contributed by atoms with Crippen molar-refractivity contribution in [3.63, 3.8) is 0 Å². The van der Waals surface area contributed by atoms with Crippen LogP contribution in [0.1, 0.15) is 33.8 Å². The molecule has 0 heterocycles. The van der Waals surface area contributed by atoms with Gasteiger partial charge in [-0.2, -0.15) is 0 Å². The number of carbonyl (C=O) groups excluding carboxylic acids is 2. The normalized spacial score (nSPS) is 10.5. The minimum atomic E-state index is -0.498. The van der Waals surface area contributed by atoms with Crippen molar-refractivity contribution in [1.82, 2.24) is 5.32 Å². The highest BCUT2D eigenvalue weighted by atomic mass is 16.5. The van der Waals surface area contributed by atoms with E-state index in [1.54, 1.807) is 24.3 Å². The van der Waals surface area contributed by atoms with Crippen LogP contribution in [0.5, 0.6) is 0 Å². The summed E-state index contributed by atoms with van der Waals surface area (Å²) in [6, 6.07) is 29.1. The highest BCUT2D eigenvalue weighted by Crippen LogP contribution is 2.27. The largest absolute Gasteiger partial charge is 0.452 e. The lowest BCUT2D eigenvalue weighted by Gasteiger charge is -2.18. The van der Waals surface area contributed by atoms with E-state index in [4.69, 9.17) is 4.74 Å². The molecule has 0 saturated heterocycles. The maximum Gasteiger partial charge on any atom is 0.338 e. The van der Waals surface area contributed by atoms with Crippen LogP contribution in [0.25, 0.3) is 0 Å². The van der Waals surface area contributed by atoms with Gasteiger partial charge in [0.1, 0.15) is 0 Å². The molecule has 1 N–H and O–H groups in total. The molecule has 0 aromatic heterocycles. The summed E-state index contributed by atoms with van der Waals surface area (Å²) in [4.78, 5) is 23.9. The monoisotopic (exact) mass is 373 g/mol. The van der Waals surface area contributed by atoms with Crippen molar-refractivity contribution in [3.8, 4) is 0 Å². The van der Waals surface area contributed by atoms with Gasteiger partial charge in [0.15, 0.2) is 6.61 Å². The number of rotatable bonds is 8. The molecular formula is C24H23NO3. The lowest BCUT2D eigenvalue weighted by atomic mass is 9.88. The summed E-state index contributed by atoms with van der Waals surface area (Å²) in [7, 11) is 0. The molecule has 28 heavy (non-hydrogen) atoms. The van der Waals surface area contributed by atoms with E-state index < -0.39 is 5.97 Å². The summed E-state index contributed by atoms with van der Waals surface area (Å²) in [5, 5.41) is 2.84. The Hall–Kier alpha value is -3.40. The van der Waals surface area contributed by atoms with Crippen molar-refractivity contribution < 1.29 is 14.3 Å². The van der Waals surface area contributed by atoms with Crippen molar-refractivity contribution in [2.45, 2.75) is 12.3 Å². The van der Waals surface area contributed by atoms with Crippen LogP contribution in [0.4, 0.5) is 0 Å². The number of nitrogens with one attached hydrogen (secondary N) is 1. The van der Waals surface area contributed by atoms with Gasteiger partial charge < -0.3 is 10.1 Å². The Bertz CT molecular complexity index is 840. The molecule has 4 nitrogen and oxygen atoms in total. The zero-order valence-corrected chi connectivity index (χ0v) is 15.6. The van der Waals surface area contributed by atoms with Crippen molar-refractivity contribution in [2.24, 2.45) is 0 Å². The molecule has 0 aliphatic rings. The van der Waals surface area contributed by atoms with Crippen molar-refractivity contribution in [1.29, 1.82) is 0 Å². The first-order valence-electron chi connectivity index (χ1n) is 9.33. The quantitative estimate of drug-likeness (QED) is 0.603. The zero-order chi connectivity index (χ0) is 19.6. The SMILES string of the molecule is O=C(COC(=O)c1ccccc1)NCCC(c1ccccc1)c1ccccc1. The van der Waals surface area contributed by atoms with Gasteiger partial charge in [0.05, 0.1) is 5.56 Å². The van der Waals surface area contributed by atoms with E-state index in [9.17, 15) is 9.59 Å². The van der Waals surface area contributed by atoms with Crippen molar-refractivity contribution in [3.05, 3.63) is 108 Å². The molecule has 0 atom stereocenters. The number of benzene rings is 3. The first-order chi connectivity index (χ1) is 13.7. The van der Waals surface area contributed by atoms with E-state index >= 15 is 0 Å². The smallest absolute Gasteiger partial charge is 0.338 e. The van der Waals surface area contributed by atoms with Crippen LogP contribution >= 0.6 is 0 Å². The highest BCUT2D eigenvalue weighted by Gasteiger charge is 2.15. The maximum atomic E-state index is 12.0. The van der Waals surface area contributed by atoms with Gasteiger partial charge in [0.2, 0.25) is 0 Å². The van der Waals surface area contributed by atoms with Crippen LogP contribution in [-0.2, 0) is 9.53 Å². The molecule has 142 valence electrons. The van der Waals surface area contributed by atoms with Gasteiger partial charge in [-0.1, -0.05) is 78.9 Å². The second-order valence-corrected chi connectivity index (χ2v) is 6.45. The lowest BCUT2D eigenvalue weighted by molar-refractivity contribution is -0.124. The molecule has 0 spiro atoms. The summed E-state index contributed by atoms with van der Waals surface area (Å²) in [6.07, 6.45) is 0.756. The van der Waals surface area contributed by atoms with E-state index in [0.29, 0.717) is 12.1 Å². The maximum absolute atomic E-state index is 12.0. The second-order valence-electron chi connectivity index (χ2n) is 6.45. The van der Waals surface area contributed by atoms with Crippen molar-refractivity contribution >= 4 is 11.9 Å². The third kappa shape index (κ3) is 5.55. The first kappa shape index (κ1) is 19.4. The minimum absolute atomic E-state index is 0.189. The van der Waals surface area contributed by atoms with Crippen LogP contribution in [0.3, 0.4) is 0 Å². The fraction of sp³-hybridized carbons (Fsp3) is 0.167. The Morgan fingerprint density at radius 2 is 1.25 bits per heavy atom. The molecule has 0 radical (unpaired) electrons. The third-order valence-corrected chi connectivity index (χ3v) is 4.50. The van der Waals surface area contributed by atoms with E-state index in [-0.39, 0.29) is 18.4 Å². The number of carbonyl (C=O) groups is 2. The Kier molecular flexibility index (Phi) is 6.96. The van der Waals surface area contributed by atoms with Crippen LogP contribution in [-0.4, -0.2) is 25.0 Å². The molecule has 1 amide bonds. The molecule has 0 unspecified atom stereocenters. The van der Waals surface area contributed by atoms with Gasteiger partial charge in [0, 0.05) is 12.5 Å². The van der Waals surface area contributed by atoms with Crippen LogP contribution in [0, 0.1) is 0 Å². The Morgan fingerprint density at radius 1 is 0.750 bits per heavy atom. The molecule has 0 saturated carbocycles. The van der Waals surface area contributed by atoms with E-state index in [2.05, 4.69) is 29.6 Å². The summed E-state index contributed by atoms with van der Waals surface area (Å²) in [6.45, 7) is 0.214. The summed E-state index contributed by atoms with van der Waals surface area (Å²) < 4.78 is 5.07. The van der Waals surface area contributed by atoms with Gasteiger partial charge in [-0.25, -0.2) is 4.79 Å². The number of hydrogen-bond acceptors (Lipinski definition) is 3. The number of hydrogen-bond donors (Lipinski definition) is 1. The van der Waals surface area contributed by atoms with E-state index in [1.165, 1.54) is 11.1 Å². The fourth-order valence-corrected chi connectivity index (χ4v) is 3.09. The Morgan fingerprint density at radius 3 is 1.79 bits per heavy atom. The average molecular weight is 373 g/mol. The standard InChI is InChI=1S/C24H23NO3/c26-23(18-28-24(27)21-14-8-3-9-15-21)25-17-16-22(19-10-4-1-5-11-19)20-12-6-2-7-13-20/h1-15,22H,16-18H2,(H,25,26). The lowest BCUT2D eigenvalue weighted by Crippen LogP contribution is -2.30. The van der Waals surface area contributed by atoms with Crippen molar-refractivity contribution in [2.75, 3.05) is 13.2 Å². The highest BCUT2D eigenvalue weighted by molar-refractivity contribution is 5.91. The molecule has 3 aromatic rings. The van der Waals surface area contributed by atoms with Gasteiger partial charge >= 0.3 is 5.97 Å². The second kappa shape index (κ2) is 10.1. The molecule has 0 fully saturated rings. The minimum Gasteiger partial charge on any atom is -0.452 e. The molecule has 4 heteroatoms. The third-order valence-electron chi connectivity index (χ3n) is 4.50. The summed E-state index contributed by atoms with van der Waals surface area (Å²) in [5.41, 5.74) is 2.85. The number of esters is 1. The van der Waals surface area contributed by atoms with Gasteiger partial charge in [-0.05, 0) is 29.7 Å². The first-order valence-corrected chi connectivity index (χ1v) is 9.33. The fourth-order valence-electron chi connectivity index (χ4n) is 3.09. The van der Waals surface area contributed by atoms with E-state index in [0.717, 1.165) is 6.42 Å². The van der Waals surface area contributed by atoms with Gasteiger partial charge in [-0.3, -0.25) is 4.79 Å². The average Bonchev–Trinajstić information content (AvgIpc) is 2.77. The number of ether oxygens (including phenoxy) is 1. The number of amides is 1. The predicted molar refractivity (Wildman–Crippen MR) is 109 cm³/mol. The predicted octanol–water partition coefficient (Wildman–Crippen LogP) is 4.18. The Balaban J connectivity index is 1.51. The van der Waals surface area contributed by atoms with Crippen LogP contribution < -0.4 is 5.32 Å². The molecule has 0 bridgehead atoms. The van der Waals surface area contributed by atoms with Crippen LogP contribution in [0.2, 0.25) is 0 Å².